The third kappa shape index (κ3) is 3.58. The van der Waals surface area contributed by atoms with Crippen LogP contribution in [-0.2, 0) is 9.84 Å². The van der Waals surface area contributed by atoms with E-state index in [2.05, 4.69) is 19.2 Å². The van der Waals surface area contributed by atoms with Gasteiger partial charge in [0.15, 0.2) is 9.84 Å². The molecule has 3 atom stereocenters. The van der Waals surface area contributed by atoms with Gasteiger partial charge in [0.05, 0.1) is 9.82 Å². The average molecular weight is 326 g/mol. The van der Waals surface area contributed by atoms with Crippen LogP contribution in [0.2, 0.25) is 0 Å². The Labute approximate surface area is 131 Å². The van der Waals surface area contributed by atoms with Gasteiger partial charge < -0.3 is 5.32 Å². The van der Waals surface area contributed by atoms with E-state index in [-0.39, 0.29) is 16.6 Å². The molecular weight excluding hydrogens is 304 g/mol. The standard InChI is InChI=1S/C15H22N2O4S/c1-10-5-4-6-13(11(10)2)16-14-8-7-12(22(3,20)21)9-15(14)17(18)19/h7-11,13,16H,4-6H2,1-3H3/t10-,11+,13+/m0/s1. The van der Waals surface area contributed by atoms with E-state index in [0.717, 1.165) is 25.2 Å². The maximum Gasteiger partial charge on any atom is 0.293 e. The van der Waals surface area contributed by atoms with E-state index >= 15 is 0 Å². The first kappa shape index (κ1) is 16.7. The average Bonchev–Trinajstić information content (AvgIpc) is 2.43. The summed E-state index contributed by atoms with van der Waals surface area (Å²) in [5.74, 6) is 0.989. The van der Waals surface area contributed by atoms with Gasteiger partial charge in [-0.1, -0.05) is 26.7 Å². The lowest BCUT2D eigenvalue weighted by Gasteiger charge is -2.35. The third-order valence-corrected chi connectivity index (χ3v) is 5.75. The van der Waals surface area contributed by atoms with Crippen molar-refractivity contribution in [2.45, 2.75) is 44.0 Å². The van der Waals surface area contributed by atoms with E-state index in [0.29, 0.717) is 17.5 Å². The van der Waals surface area contributed by atoms with Gasteiger partial charge in [-0.25, -0.2) is 8.42 Å². The smallest absolute Gasteiger partial charge is 0.293 e. The maximum atomic E-state index is 11.6. The molecule has 22 heavy (non-hydrogen) atoms. The van der Waals surface area contributed by atoms with Crippen molar-refractivity contribution in [3.05, 3.63) is 28.3 Å². The SMILES string of the molecule is C[C@@H]1[C@@H](C)CCC[C@H]1Nc1ccc(S(C)(=O)=O)cc1[N+](=O)[O-]. The molecule has 1 aromatic rings. The second-order valence-electron chi connectivity index (χ2n) is 6.23. The Hall–Kier alpha value is -1.63. The summed E-state index contributed by atoms with van der Waals surface area (Å²) in [5.41, 5.74) is 0.205. The molecule has 1 aliphatic rings. The molecule has 6 nitrogen and oxygen atoms in total. The number of sulfone groups is 1. The molecule has 1 aromatic carbocycles. The number of hydrogen-bond acceptors (Lipinski definition) is 5. The minimum atomic E-state index is -3.46. The number of anilines is 1. The second kappa shape index (κ2) is 6.24. The van der Waals surface area contributed by atoms with Gasteiger partial charge in [-0.15, -0.1) is 0 Å². The first-order valence-electron chi connectivity index (χ1n) is 7.45. The molecule has 122 valence electrons. The van der Waals surface area contributed by atoms with Crippen molar-refractivity contribution in [2.24, 2.45) is 11.8 Å². The molecule has 1 fully saturated rings. The van der Waals surface area contributed by atoms with Crippen LogP contribution in [0.5, 0.6) is 0 Å². The zero-order chi connectivity index (χ0) is 16.5. The first-order chi connectivity index (χ1) is 10.2. The molecule has 0 unspecified atom stereocenters. The lowest BCUT2D eigenvalue weighted by Crippen LogP contribution is -2.35. The van der Waals surface area contributed by atoms with Crippen molar-refractivity contribution < 1.29 is 13.3 Å². The van der Waals surface area contributed by atoms with E-state index in [9.17, 15) is 18.5 Å². The van der Waals surface area contributed by atoms with E-state index < -0.39 is 14.8 Å². The number of hydrogen-bond donors (Lipinski definition) is 1. The van der Waals surface area contributed by atoms with Gasteiger partial charge in [-0.05, 0) is 30.4 Å². The molecule has 1 N–H and O–H groups in total. The van der Waals surface area contributed by atoms with Crippen molar-refractivity contribution in [1.29, 1.82) is 0 Å². The molecular formula is C15H22N2O4S. The molecule has 0 bridgehead atoms. The van der Waals surface area contributed by atoms with Crippen molar-refractivity contribution in [3.63, 3.8) is 0 Å². The topological polar surface area (TPSA) is 89.3 Å². The summed E-state index contributed by atoms with van der Waals surface area (Å²) >= 11 is 0. The van der Waals surface area contributed by atoms with Crippen LogP contribution >= 0.6 is 0 Å². The molecule has 0 amide bonds. The van der Waals surface area contributed by atoms with Gasteiger partial charge in [-0.2, -0.15) is 0 Å². The number of benzene rings is 1. The van der Waals surface area contributed by atoms with Crippen LogP contribution < -0.4 is 5.32 Å². The normalized spacial score (nSPS) is 25.7. The van der Waals surface area contributed by atoms with E-state index in [1.54, 1.807) is 0 Å². The van der Waals surface area contributed by atoms with Crippen LogP contribution in [0.3, 0.4) is 0 Å². The zero-order valence-electron chi connectivity index (χ0n) is 13.1. The third-order valence-electron chi connectivity index (χ3n) is 4.64. The molecule has 0 aliphatic heterocycles. The zero-order valence-corrected chi connectivity index (χ0v) is 13.9. The highest BCUT2D eigenvalue weighted by Crippen LogP contribution is 2.34. The van der Waals surface area contributed by atoms with Gasteiger partial charge in [0.2, 0.25) is 0 Å². The number of nitro benzene ring substituents is 1. The highest BCUT2D eigenvalue weighted by atomic mass is 32.2. The van der Waals surface area contributed by atoms with Crippen molar-refractivity contribution in [2.75, 3.05) is 11.6 Å². The Kier molecular flexibility index (Phi) is 4.75. The van der Waals surface area contributed by atoms with Crippen molar-refractivity contribution in [3.8, 4) is 0 Å². The van der Waals surface area contributed by atoms with Crippen molar-refractivity contribution in [1.82, 2.24) is 0 Å². The number of rotatable bonds is 4. The number of nitrogens with zero attached hydrogens (tertiary/aromatic N) is 1. The minimum absolute atomic E-state index is 0.0326. The quantitative estimate of drug-likeness (QED) is 0.677. The number of nitrogens with one attached hydrogen (secondary N) is 1. The van der Waals surface area contributed by atoms with Gasteiger partial charge >= 0.3 is 0 Å². The van der Waals surface area contributed by atoms with E-state index in [4.69, 9.17) is 0 Å². The highest BCUT2D eigenvalue weighted by molar-refractivity contribution is 7.90. The Morgan fingerprint density at radius 1 is 1.27 bits per heavy atom. The summed E-state index contributed by atoms with van der Waals surface area (Å²) in [7, 11) is -3.46. The summed E-state index contributed by atoms with van der Waals surface area (Å²) in [6, 6.07) is 4.22. The van der Waals surface area contributed by atoms with Crippen LogP contribution in [0.15, 0.2) is 23.1 Å². The predicted octanol–water partition coefficient (Wildman–Crippen LogP) is 3.23. The van der Waals surface area contributed by atoms with Crippen molar-refractivity contribution >= 4 is 21.2 Å². The lowest BCUT2D eigenvalue weighted by atomic mass is 9.78. The van der Waals surface area contributed by atoms with Crippen LogP contribution in [0.25, 0.3) is 0 Å². The molecule has 0 spiro atoms. The lowest BCUT2D eigenvalue weighted by molar-refractivity contribution is -0.384. The molecule has 1 saturated carbocycles. The molecule has 1 aliphatic carbocycles. The summed E-state index contributed by atoms with van der Waals surface area (Å²) in [6.45, 7) is 4.35. The van der Waals surface area contributed by atoms with Crippen LogP contribution in [0.4, 0.5) is 11.4 Å². The van der Waals surface area contributed by atoms with Gasteiger partial charge in [0.25, 0.3) is 5.69 Å². The largest absolute Gasteiger partial charge is 0.376 e. The Balaban J connectivity index is 2.33. The predicted molar refractivity (Wildman–Crippen MR) is 85.8 cm³/mol. The molecule has 0 aromatic heterocycles. The molecule has 0 heterocycles. The summed E-state index contributed by atoms with van der Waals surface area (Å²) in [6.07, 6.45) is 4.29. The van der Waals surface area contributed by atoms with Gasteiger partial charge in [0, 0.05) is 18.4 Å². The second-order valence-corrected chi connectivity index (χ2v) is 8.24. The highest BCUT2D eigenvalue weighted by Gasteiger charge is 2.29. The minimum Gasteiger partial charge on any atom is -0.376 e. The number of nitro groups is 1. The summed E-state index contributed by atoms with van der Waals surface area (Å²) in [4.78, 5) is 10.7. The fraction of sp³-hybridized carbons (Fsp3) is 0.600. The maximum absolute atomic E-state index is 11.6. The Bertz CT molecular complexity index is 672. The molecule has 2 rings (SSSR count). The first-order valence-corrected chi connectivity index (χ1v) is 9.34. The van der Waals surface area contributed by atoms with E-state index in [1.165, 1.54) is 18.6 Å². The monoisotopic (exact) mass is 326 g/mol. The van der Waals surface area contributed by atoms with Gasteiger partial charge in [-0.3, -0.25) is 10.1 Å². The molecule has 0 saturated heterocycles. The van der Waals surface area contributed by atoms with Crippen LogP contribution in [0.1, 0.15) is 33.1 Å². The molecule has 7 heteroatoms. The fourth-order valence-corrected chi connectivity index (χ4v) is 3.64. The van der Waals surface area contributed by atoms with Crippen LogP contribution in [-0.4, -0.2) is 25.6 Å². The fourth-order valence-electron chi connectivity index (χ4n) is 3.00. The van der Waals surface area contributed by atoms with Crippen LogP contribution in [0, 0.1) is 22.0 Å². The Morgan fingerprint density at radius 3 is 2.55 bits per heavy atom. The van der Waals surface area contributed by atoms with Gasteiger partial charge in [0.1, 0.15) is 5.69 Å². The summed E-state index contributed by atoms with van der Waals surface area (Å²) in [5, 5.41) is 14.5. The van der Waals surface area contributed by atoms with E-state index in [1.807, 2.05) is 0 Å². The molecule has 0 radical (unpaired) electrons. The Morgan fingerprint density at radius 2 is 1.95 bits per heavy atom. The summed E-state index contributed by atoms with van der Waals surface area (Å²) < 4.78 is 23.1.